The summed E-state index contributed by atoms with van der Waals surface area (Å²) in [5, 5.41) is 0. The molecule has 2 aliphatic rings. The normalized spacial score (nSPS) is 16.5. The molecule has 31 heavy (non-hydrogen) atoms. The minimum Gasteiger partial charge on any atom is -0.371 e. The molecule has 0 saturated carbocycles. The molecule has 0 spiro atoms. The van der Waals surface area contributed by atoms with Gasteiger partial charge in [0.05, 0.1) is 11.1 Å². The zero-order valence-electron chi connectivity index (χ0n) is 17.4. The van der Waals surface area contributed by atoms with Gasteiger partial charge < -0.3 is 14.4 Å². The van der Waals surface area contributed by atoms with Gasteiger partial charge in [0.2, 0.25) is 0 Å². The molecule has 0 unspecified atom stereocenters. The van der Waals surface area contributed by atoms with Gasteiger partial charge in [-0.05, 0) is 49.1 Å². The number of alkyl halides is 3. The first kappa shape index (κ1) is 21.2. The van der Waals surface area contributed by atoms with Gasteiger partial charge in [0.1, 0.15) is 0 Å². The van der Waals surface area contributed by atoms with E-state index >= 15 is 0 Å². The molecule has 1 aromatic carbocycles. The number of piperidine rings is 1. The summed E-state index contributed by atoms with van der Waals surface area (Å²) in [6.45, 7) is 1.30. The quantitative estimate of drug-likeness (QED) is 0.744. The zero-order valence-corrected chi connectivity index (χ0v) is 17.4. The monoisotopic (exact) mass is 431 g/mol. The Morgan fingerprint density at radius 2 is 1.77 bits per heavy atom. The summed E-state index contributed by atoms with van der Waals surface area (Å²) in [5.74, 6) is -0.119. The molecule has 1 fully saturated rings. The molecule has 4 rings (SSSR count). The largest absolute Gasteiger partial charge is 0.416 e. The summed E-state index contributed by atoms with van der Waals surface area (Å²) in [6.07, 6.45) is 2.97. The molecule has 0 atom stereocenters. The van der Waals surface area contributed by atoms with Crippen LogP contribution in [0.25, 0.3) is 6.08 Å². The number of aromatic nitrogens is 1. The number of anilines is 1. The number of pyridine rings is 1. The Bertz CT molecular complexity index is 1080. The molecule has 164 valence electrons. The number of hydrogen-bond acceptors (Lipinski definition) is 3. The third kappa shape index (κ3) is 3.98. The SMILES string of the molecule is CN(C(=O)c1cn(C)c(=O)c2c1C=CC2)C1CCN(c2ccc(C(F)(F)F)cc2)CC1. The van der Waals surface area contributed by atoms with E-state index in [2.05, 4.69) is 0 Å². The van der Waals surface area contributed by atoms with Gasteiger partial charge in [-0.15, -0.1) is 0 Å². The molecule has 1 amide bonds. The molecular weight excluding hydrogens is 407 g/mol. The molecule has 1 aliphatic carbocycles. The van der Waals surface area contributed by atoms with Gasteiger partial charge in [0, 0.05) is 50.7 Å². The number of rotatable bonds is 3. The molecule has 2 heterocycles. The Morgan fingerprint density at radius 3 is 2.39 bits per heavy atom. The van der Waals surface area contributed by atoms with Gasteiger partial charge in [-0.1, -0.05) is 12.2 Å². The van der Waals surface area contributed by atoms with Crippen LogP contribution in [-0.2, 0) is 19.6 Å². The molecule has 2 aromatic rings. The third-order valence-corrected chi connectivity index (χ3v) is 6.25. The number of aryl methyl sites for hydroxylation is 1. The number of allylic oxidation sites excluding steroid dienone is 1. The van der Waals surface area contributed by atoms with E-state index < -0.39 is 11.7 Å². The Hall–Kier alpha value is -3.03. The summed E-state index contributed by atoms with van der Waals surface area (Å²) in [6, 6.07) is 5.22. The van der Waals surface area contributed by atoms with Gasteiger partial charge in [-0.3, -0.25) is 9.59 Å². The van der Waals surface area contributed by atoms with Crippen LogP contribution in [0.4, 0.5) is 18.9 Å². The minimum atomic E-state index is -4.34. The predicted molar refractivity (Wildman–Crippen MR) is 113 cm³/mol. The van der Waals surface area contributed by atoms with Crippen LogP contribution >= 0.6 is 0 Å². The molecule has 1 saturated heterocycles. The van der Waals surface area contributed by atoms with Crippen molar-refractivity contribution in [2.75, 3.05) is 25.0 Å². The second kappa shape index (κ2) is 7.90. The Kier molecular flexibility index (Phi) is 5.41. The highest BCUT2D eigenvalue weighted by molar-refractivity contribution is 5.98. The van der Waals surface area contributed by atoms with Crippen molar-refractivity contribution in [1.82, 2.24) is 9.47 Å². The van der Waals surface area contributed by atoms with Gasteiger partial charge >= 0.3 is 6.18 Å². The van der Waals surface area contributed by atoms with E-state index in [1.807, 2.05) is 17.1 Å². The molecule has 1 aromatic heterocycles. The van der Waals surface area contributed by atoms with E-state index in [0.29, 0.717) is 49.0 Å². The molecule has 0 bridgehead atoms. The number of fused-ring (bicyclic) bond motifs is 1. The number of amides is 1. The number of carbonyl (C=O) groups excluding carboxylic acids is 1. The van der Waals surface area contributed by atoms with E-state index in [9.17, 15) is 22.8 Å². The van der Waals surface area contributed by atoms with Gasteiger partial charge in [0.15, 0.2) is 0 Å². The first-order chi connectivity index (χ1) is 14.7. The number of nitrogens with zero attached hydrogens (tertiary/aromatic N) is 3. The average Bonchev–Trinajstić information content (AvgIpc) is 3.25. The van der Waals surface area contributed by atoms with Gasteiger partial charge in [0.25, 0.3) is 11.5 Å². The van der Waals surface area contributed by atoms with E-state index in [1.54, 1.807) is 25.2 Å². The maximum Gasteiger partial charge on any atom is 0.416 e. The summed E-state index contributed by atoms with van der Waals surface area (Å²) in [4.78, 5) is 29.3. The number of hydrogen-bond donors (Lipinski definition) is 0. The van der Waals surface area contributed by atoms with Crippen LogP contribution < -0.4 is 10.5 Å². The summed E-state index contributed by atoms with van der Waals surface area (Å²) >= 11 is 0. The number of benzene rings is 1. The van der Waals surface area contributed by atoms with Crippen LogP contribution in [0, 0.1) is 0 Å². The summed E-state index contributed by atoms with van der Waals surface area (Å²) in [7, 11) is 3.43. The number of carbonyl (C=O) groups is 1. The van der Waals surface area contributed by atoms with Crippen LogP contribution in [0.3, 0.4) is 0 Å². The fraction of sp³-hybridized carbons (Fsp3) is 0.391. The first-order valence-electron chi connectivity index (χ1n) is 10.2. The van der Waals surface area contributed by atoms with Crippen molar-refractivity contribution in [3.05, 3.63) is 69.1 Å². The van der Waals surface area contributed by atoms with Gasteiger partial charge in [-0.2, -0.15) is 13.2 Å². The molecular formula is C23H24F3N3O2. The van der Waals surface area contributed by atoms with Crippen LogP contribution in [-0.4, -0.2) is 41.6 Å². The first-order valence-corrected chi connectivity index (χ1v) is 10.2. The lowest BCUT2D eigenvalue weighted by Gasteiger charge is -2.38. The van der Waals surface area contributed by atoms with Crippen LogP contribution in [0.15, 0.2) is 41.3 Å². The second-order valence-corrected chi connectivity index (χ2v) is 8.14. The highest BCUT2D eigenvalue weighted by Crippen LogP contribution is 2.31. The molecule has 0 N–H and O–H groups in total. The lowest BCUT2D eigenvalue weighted by atomic mass is 10.00. The zero-order chi connectivity index (χ0) is 22.3. The van der Waals surface area contributed by atoms with Crippen molar-refractivity contribution >= 4 is 17.7 Å². The van der Waals surface area contributed by atoms with Crippen molar-refractivity contribution in [2.24, 2.45) is 7.05 Å². The third-order valence-electron chi connectivity index (χ3n) is 6.25. The Balaban J connectivity index is 1.44. The van der Waals surface area contributed by atoms with Crippen LogP contribution in [0.1, 0.15) is 39.9 Å². The van der Waals surface area contributed by atoms with Crippen molar-refractivity contribution in [3.63, 3.8) is 0 Å². The fourth-order valence-electron chi connectivity index (χ4n) is 4.39. The molecule has 0 radical (unpaired) electrons. The number of halogens is 3. The smallest absolute Gasteiger partial charge is 0.371 e. The van der Waals surface area contributed by atoms with Crippen LogP contribution in [0.2, 0.25) is 0 Å². The lowest BCUT2D eigenvalue weighted by molar-refractivity contribution is -0.137. The lowest BCUT2D eigenvalue weighted by Crippen LogP contribution is -2.46. The van der Waals surface area contributed by atoms with E-state index in [1.165, 1.54) is 16.7 Å². The molecule has 5 nitrogen and oxygen atoms in total. The van der Waals surface area contributed by atoms with Crippen molar-refractivity contribution in [3.8, 4) is 0 Å². The maximum atomic E-state index is 13.2. The van der Waals surface area contributed by atoms with Crippen molar-refractivity contribution in [2.45, 2.75) is 31.5 Å². The maximum absolute atomic E-state index is 13.2. The van der Waals surface area contributed by atoms with Crippen molar-refractivity contribution < 1.29 is 18.0 Å². The Labute approximate surface area is 178 Å². The molecule has 1 aliphatic heterocycles. The summed E-state index contributed by atoms with van der Waals surface area (Å²) in [5.41, 5.74) is 1.90. The van der Waals surface area contributed by atoms with E-state index in [4.69, 9.17) is 0 Å². The standard InChI is InChI=1S/C23H24F3N3O2/c1-27-14-20(18-4-3-5-19(18)21(27)30)22(31)28(2)16-10-12-29(13-11-16)17-8-6-15(7-9-17)23(24,25)26/h3-4,6-9,14,16H,5,10-13H2,1-2H3. The highest BCUT2D eigenvalue weighted by Gasteiger charge is 2.31. The second-order valence-electron chi connectivity index (χ2n) is 8.14. The van der Waals surface area contributed by atoms with Crippen LogP contribution in [0.5, 0.6) is 0 Å². The topological polar surface area (TPSA) is 45.6 Å². The van der Waals surface area contributed by atoms with E-state index in [-0.39, 0.29) is 17.5 Å². The average molecular weight is 431 g/mol. The Morgan fingerprint density at radius 1 is 1.13 bits per heavy atom. The molecule has 8 heteroatoms. The highest BCUT2D eigenvalue weighted by atomic mass is 19.4. The minimum absolute atomic E-state index is 0.0245. The predicted octanol–water partition coefficient (Wildman–Crippen LogP) is 3.71. The van der Waals surface area contributed by atoms with Gasteiger partial charge in [-0.25, -0.2) is 0 Å². The summed E-state index contributed by atoms with van der Waals surface area (Å²) < 4.78 is 39.8. The fourth-order valence-corrected chi connectivity index (χ4v) is 4.39. The van der Waals surface area contributed by atoms with E-state index in [0.717, 1.165) is 17.8 Å². The van der Waals surface area contributed by atoms with Crippen molar-refractivity contribution in [1.29, 1.82) is 0 Å².